The van der Waals surface area contributed by atoms with Gasteiger partial charge in [0.1, 0.15) is 0 Å². The fraction of sp³-hybridized carbons (Fsp3) is 0.588. The predicted molar refractivity (Wildman–Crippen MR) is 115 cm³/mol. The fourth-order valence-electron chi connectivity index (χ4n) is 2.36. The van der Waals surface area contributed by atoms with Crippen molar-refractivity contribution in [2.75, 3.05) is 51.7 Å². The zero-order valence-electron chi connectivity index (χ0n) is 15.0. The first-order valence-electron chi connectivity index (χ1n) is 8.02. The largest absolute Gasteiger partial charge is 0.370 e. The number of nitrogens with zero attached hydrogens (tertiary/aromatic N) is 4. The third kappa shape index (κ3) is 5.67. The molecule has 0 unspecified atom stereocenters. The van der Waals surface area contributed by atoms with Crippen LogP contribution in [0.5, 0.6) is 0 Å². The van der Waals surface area contributed by atoms with Gasteiger partial charge in [-0.25, -0.2) is 0 Å². The van der Waals surface area contributed by atoms with Crippen LogP contribution in [0, 0.1) is 0 Å². The Balaban J connectivity index is 0.00000288. The van der Waals surface area contributed by atoms with E-state index in [9.17, 15) is 0 Å². The third-order valence-corrected chi connectivity index (χ3v) is 4.89. The number of guanidine groups is 1. The first kappa shape index (κ1) is 21.3. The molecule has 1 saturated heterocycles. The van der Waals surface area contributed by atoms with E-state index in [0.29, 0.717) is 12.5 Å². The summed E-state index contributed by atoms with van der Waals surface area (Å²) in [6, 6.07) is 7.99. The minimum atomic E-state index is 0. The van der Waals surface area contributed by atoms with Crippen LogP contribution in [0.1, 0.15) is 13.8 Å². The van der Waals surface area contributed by atoms with Gasteiger partial charge in [0.25, 0.3) is 0 Å². The Hall–Kier alpha value is -0.730. The number of hydrogen-bond acceptors (Lipinski definition) is 3. The molecular formula is C17H29ClIN5. The summed E-state index contributed by atoms with van der Waals surface area (Å²) >= 11 is 5.95. The molecule has 0 radical (unpaired) electrons. The lowest BCUT2D eigenvalue weighted by atomic mass is 10.1. The molecule has 1 heterocycles. The summed E-state index contributed by atoms with van der Waals surface area (Å²) in [6.07, 6.45) is 0. The van der Waals surface area contributed by atoms with E-state index in [4.69, 9.17) is 17.3 Å². The summed E-state index contributed by atoms with van der Waals surface area (Å²) < 4.78 is 0. The number of piperazine rings is 1. The minimum Gasteiger partial charge on any atom is -0.370 e. The Kier molecular flexibility index (Phi) is 8.08. The number of hydrogen-bond donors (Lipinski definition) is 1. The van der Waals surface area contributed by atoms with Crippen LogP contribution in [0.2, 0.25) is 5.02 Å². The van der Waals surface area contributed by atoms with E-state index in [0.717, 1.165) is 31.2 Å². The van der Waals surface area contributed by atoms with Gasteiger partial charge < -0.3 is 20.4 Å². The lowest BCUT2D eigenvalue weighted by Crippen LogP contribution is -2.51. The number of likely N-dealkylation sites (N-methyl/N-ethyl adjacent to an activating group) is 1. The zero-order valence-corrected chi connectivity index (χ0v) is 18.1. The van der Waals surface area contributed by atoms with Gasteiger partial charge in [-0.15, -0.1) is 24.0 Å². The summed E-state index contributed by atoms with van der Waals surface area (Å²) in [4.78, 5) is 11.3. The molecule has 24 heavy (non-hydrogen) atoms. The van der Waals surface area contributed by atoms with Crippen molar-refractivity contribution in [3.63, 3.8) is 0 Å². The summed E-state index contributed by atoms with van der Waals surface area (Å²) in [5.41, 5.74) is 7.40. The van der Waals surface area contributed by atoms with Gasteiger partial charge in [0.05, 0.1) is 6.54 Å². The van der Waals surface area contributed by atoms with Gasteiger partial charge >= 0.3 is 0 Å². The molecule has 1 aromatic carbocycles. The Morgan fingerprint density at radius 3 is 2.21 bits per heavy atom. The van der Waals surface area contributed by atoms with Crippen LogP contribution in [0.3, 0.4) is 0 Å². The SMILES string of the molecule is CN(C)C(C)(C)CN=C(N)N1CCN(c2ccc(Cl)cc2)CC1.I. The molecule has 1 aliphatic heterocycles. The number of aliphatic imine (C=N–C) groups is 1. The maximum absolute atomic E-state index is 6.18. The van der Waals surface area contributed by atoms with Crippen molar-refractivity contribution in [2.24, 2.45) is 10.7 Å². The Morgan fingerprint density at radius 2 is 1.71 bits per heavy atom. The molecule has 0 bridgehead atoms. The van der Waals surface area contributed by atoms with Crippen LogP contribution < -0.4 is 10.6 Å². The summed E-state index contributed by atoms with van der Waals surface area (Å²) in [5.74, 6) is 0.649. The second-order valence-corrected chi connectivity index (χ2v) is 7.27. The average molecular weight is 466 g/mol. The molecule has 1 aromatic rings. The molecule has 1 fully saturated rings. The van der Waals surface area contributed by atoms with E-state index in [-0.39, 0.29) is 29.5 Å². The lowest BCUT2D eigenvalue weighted by Gasteiger charge is -2.37. The van der Waals surface area contributed by atoms with E-state index < -0.39 is 0 Å². The van der Waals surface area contributed by atoms with Crippen LogP contribution in [0.4, 0.5) is 5.69 Å². The zero-order chi connectivity index (χ0) is 17.0. The molecule has 1 aliphatic rings. The molecule has 5 nitrogen and oxygen atoms in total. The molecule has 0 amide bonds. The molecular weight excluding hydrogens is 437 g/mol. The number of anilines is 1. The highest BCUT2D eigenvalue weighted by atomic mass is 127. The highest BCUT2D eigenvalue weighted by Gasteiger charge is 2.22. The molecule has 2 N–H and O–H groups in total. The van der Waals surface area contributed by atoms with Crippen molar-refractivity contribution >= 4 is 47.2 Å². The van der Waals surface area contributed by atoms with Gasteiger partial charge in [-0.3, -0.25) is 4.99 Å². The van der Waals surface area contributed by atoms with E-state index in [1.165, 1.54) is 5.69 Å². The number of benzene rings is 1. The van der Waals surface area contributed by atoms with Crippen molar-refractivity contribution in [1.29, 1.82) is 0 Å². The minimum absolute atomic E-state index is 0. The van der Waals surface area contributed by atoms with Crippen molar-refractivity contribution in [3.05, 3.63) is 29.3 Å². The number of rotatable bonds is 4. The van der Waals surface area contributed by atoms with Crippen molar-refractivity contribution < 1.29 is 0 Å². The van der Waals surface area contributed by atoms with Crippen molar-refractivity contribution in [1.82, 2.24) is 9.80 Å². The second-order valence-electron chi connectivity index (χ2n) is 6.83. The topological polar surface area (TPSA) is 48.1 Å². The maximum Gasteiger partial charge on any atom is 0.191 e. The molecule has 7 heteroatoms. The van der Waals surface area contributed by atoms with Crippen LogP contribution in [0.15, 0.2) is 29.3 Å². The summed E-state index contributed by atoms with van der Waals surface area (Å²) in [7, 11) is 4.13. The Bertz CT molecular complexity index is 536. The Labute approximate surface area is 167 Å². The highest BCUT2D eigenvalue weighted by Crippen LogP contribution is 2.19. The molecule has 0 atom stereocenters. The molecule has 2 rings (SSSR count). The van der Waals surface area contributed by atoms with Gasteiger partial charge in [0.2, 0.25) is 0 Å². The predicted octanol–water partition coefficient (Wildman–Crippen LogP) is 2.73. The van der Waals surface area contributed by atoms with Crippen molar-refractivity contribution in [3.8, 4) is 0 Å². The number of halogens is 2. The average Bonchev–Trinajstić information content (AvgIpc) is 2.53. The van der Waals surface area contributed by atoms with Crippen molar-refractivity contribution in [2.45, 2.75) is 19.4 Å². The van der Waals surface area contributed by atoms with Crippen LogP contribution in [-0.2, 0) is 0 Å². The molecule has 0 aromatic heterocycles. The first-order valence-corrected chi connectivity index (χ1v) is 8.40. The molecule has 0 spiro atoms. The van der Waals surface area contributed by atoms with Crippen LogP contribution in [0.25, 0.3) is 0 Å². The van der Waals surface area contributed by atoms with E-state index in [1.54, 1.807) is 0 Å². The maximum atomic E-state index is 6.18. The van der Waals surface area contributed by atoms with Crippen LogP contribution in [-0.4, -0.2) is 68.1 Å². The third-order valence-electron chi connectivity index (χ3n) is 4.63. The summed E-state index contributed by atoms with van der Waals surface area (Å²) in [6.45, 7) is 8.69. The summed E-state index contributed by atoms with van der Waals surface area (Å²) in [5, 5.41) is 0.771. The van der Waals surface area contributed by atoms with E-state index in [2.05, 4.69) is 59.8 Å². The monoisotopic (exact) mass is 465 g/mol. The fourth-order valence-corrected chi connectivity index (χ4v) is 2.49. The van der Waals surface area contributed by atoms with Gasteiger partial charge in [-0.1, -0.05) is 11.6 Å². The Morgan fingerprint density at radius 1 is 1.17 bits per heavy atom. The smallest absolute Gasteiger partial charge is 0.191 e. The van der Waals surface area contributed by atoms with Gasteiger partial charge in [-0.05, 0) is 52.2 Å². The van der Waals surface area contributed by atoms with Gasteiger partial charge in [0.15, 0.2) is 5.96 Å². The molecule has 0 aliphatic carbocycles. The van der Waals surface area contributed by atoms with E-state index >= 15 is 0 Å². The first-order chi connectivity index (χ1) is 10.8. The second kappa shape index (κ2) is 9.10. The molecule has 0 saturated carbocycles. The van der Waals surface area contributed by atoms with Crippen LogP contribution >= 0.6 is 35.6 Å². The quantitative estimate of drug-likeness (QED) is 0.422. The van der Waals surface area contributed by atoms with Gasteiger partial charge in [-0.2, -0.15) is 0 Å². The van der Waals surface area contributed by atoms with E-state index in [1.807, 2.05) is 12.1 Å². The number of nitrogens with two attached hydrogens (primary N) is 1. The molecule has 136 valence electrons. The normalized spacial score (nSPS) is 16.3. The lowest BCUT2D eigenvalue weighted by molar-refractivity contribution is 0.204. The highest BCUT2D eigenvalue weighted by molar-refractivity contribution is 14.0. The standard InChI is InChI=1S/C17H28ClN5.HI/c1-17(2,21(3)4)13-20-16(19)23-11-9-22(10-12-23)15-7-5-14(18)6-8-15;/h5-8H,9-13H2,1-4H3,(H2,19,20);1H. The van der Waals surface area contributed by atoms with Gasteiger partial charge in [0, 0.05) is 42.4 Å².